The number of rotatable bonds is 5. The van der Waals surface area contributed by atoms with Gasteiger partial charge in [0.1, 0.15) is 5.76 Å². The fraction of sp³-hybridized carbons (Fsp3) is 0.222. The minimum atomic E-state index is -0.864. The van der Waals surface area contributed by atoms with E-state index in [-0.39, 0.29) is 6.42 Å². The smallest absolute Gasteiger partial charge is 0.309 e. The molecule has 1 N–H and O–H groups in total. The van der Waals surface area contributed by atoms with Crippen molar-refractivity contribution in [2.75, 3.05) is 0 Å². The Kier molecular flexibility index (Phi) is 3.58. The van der Waals surface area contributed by atoms with Gasteiger partial charge in [0.2, 0.25) is 0 Å². The largest absolute Gasteiger partial charge is 0.481 e. The molecule has 0 aliphatic heterocycles. The second-order valence-corrected chi connectivity index (χ2v) is 5.02. The summed E-state index contributed by atoms with van der Waals surface area (Å²) >= 11 is 2.95. The SMILES string of the molecule is O=C(O)Cc1csc(SCc2ccno2)n1. The summed E-state index contributed by atoms with van der Waals surface area (Å²) in [5.74, 6) is 0.567. The van der Waals surface area contributed by atoms with Crippen molar-refractivity contribution in [3.8, 4) is 0 Å². The van der Waals surface area contributed by atoms with E-state index in [0.29, 0.717) is 11.4 Å². The summed E-state index contributed by atoms with van der Waals surface area (Å²) < 4.78 is 5.78. The second-order valence-electron chi connectivity index (χ2n) is 2.94. The average molecular weight is 256 g/mol. The number of carboxylic acid groups (broad SMARTS) is 1. The van der Waals surface area contributed by atoms with E-state index in [4.69, 9.17) is 9.63 Å². The number of hydrogen-bond donors (Lipinski definition) is 1. The number of aliphatic carboxylic acids is 1. The number of carbonyl (C=O) groups is 1. The van der Waals surface area contributed by atoms with Crippen LogP contribution >= 0.6 is 23.1 Å². The van der Waals surface area contributed by atoms with Gasteiger partial charge < -0.3 is 9.63 Å². The van der Waals surface area contributed by atoms with Gasteiger partial charge in [0.05, 0.1) is 24.1 Å². The van der Waals surface area contributed by atoms with Gasteiger partial charge in [0.15, 0.2) is 4.34 Å². The fourth-order valence-electron chi connectivity index (χ4n) is 1.04. The van der Waals surface area contributed by atoms with Crippen LogP contribution < -0.4 is 0 Å². The highest BCUT2D eigenvalue weighted by Crippen LogP contribution is 2.26. The van der Waals surface area contributed by atoms with Gasteiger partial charge in [-0.3, -0.25) is 4.79 Å². The standard InChI is InChI=1S/C9H8N2O3S2/c12-8(13)3-6-4-15-9(11-6)16-5-7-1-2-10-14-7/h1-2,4H,3,5H2,(H,12,13). The summed E-state index contributed by atoms with van der Waals surface area (Å²) in [6, 6.07) is 1.79. The minimum absolute atomic E-state index is 0.0284. The molecule has 2 aromatic rings. The number of hydrogen-bond acceptors (Lipinski definition) is 6. The minimum Gasteiger partial charge on any atom is -0.481 e. The normalized spacial score (nSPS) is 10.5. The van der Waals surface area contributed by atoms with Crippen LogP contribution in [-0.4, -0.2) is 21.2 Å². The maximum Gasteiger partial charge on any atom is 0.309 e. The Bertz CT molecular complexity index is 467. The Morgan fingerprint density at radius 1 is 1.62 bits per heavy atom. The first-order valence-corrected chi connectivity index (χ1v) is 6.29. The molecule has 84 valence electrons. The molecule has 2 heterocycles. The second kappa shape index (κ2) is 5.13. The van der Waals surface area contributed by atoms with Gasteiger partial charge in [-0.25, -0.2) is 4.98 Å². The van der Waals surface area contributed by atoms with Crippen LogP contribution in [0, 0.1) is 0 Å². The molecule has 0 radical (unpaired) electrons. The van der Waals surface area contributed by atoms with Crippen molar-refractivity contribution in [1.82, 2.24) is 10.1 Å². The lowest BCUT2D eigenvalue weighted by Gasteiger charge is -1.91. The molecule has 0 aromatic carbocycles. The molecular weight excluding hydrogens is 248 g/mol. The van der Waals surface area contributed by atoms with Crippen molar-refractivity contribution >= 4 is 29.1 Å². The van der Waals surface area contributed by atoms with E-state index in [1.54, 1.807) is 17.6 Å². The Hall–Kier alpha value is -1.34. The van der Waals surface area contributed by atoms with Gasteiger partial charge in [-0.1, -0.05) is 16.9 Å². The summed E-state index contributed by atoms with van der Waals surface area (Å²) in [6.45, 7) is 0. The molecule has 0 saturated carbocycles. The van der Waals surface area contributed by atoms with Gasteiger partial charge in [0.25, 0.3) is 0 Å². The van der Waals surface area contributed by atoms with Gasteiger partial charge in [-0.15, -0.1) is 11.3 Å². The first-order valence-electron chi connectivity index (χ1n) is 4.42. The number of nitrogens with zero attached hydrogens (tertiary/aromatic N) is 2. The first kappa shape index (κ1) is 11.2. The van der Waals surface area contributed by atoms with E-state index < -0.39 is 5.97 Å². The third-order valence-electron chi connectivity index (χ3n) is 1.69. The molecule has 5 nitrogen and oxygen atoms in total. The van der Waals surface area contributed by atoms with E-state index in [9.17, 15) is 4.79 Å². The predicted octanol–water partition coefficient (Wildman–Crippen LogP) is 2.05. The monoisotopic (exact) mass is 256 g/mol. The highest BCUT2D eigenvalue weighted by atomic mass is 32.2. The summed E-state index contributed by atoms with van der Waals surface area (Å²) in [4.78, 5) is 14.6. The highest BCUT2D eigenvalue weighted by Gasteiger charge is 2.07. The van der Waals surface area contributed by atoms with Crippen LogP contribution in [0.2, 0.25) is 0 Å². The van der Waals surface area contributed by atoms with E-state index >= 15 is 0 Å². The van der Waals surface area contributed by atoms with Gasteiger partial charge >= 0.3 is 5.97 Å². The Balaban J connectivity index is 1.90. The molecule has 0 amide bonds. The molecule has 0 spiro atoms. The van der Waals surface area contributed by atoms with Crippen molar-refractivity contribution in [2.24, 2.45) is 0 Å². The number of thioether (sulfide) groups is 1. The zero-order valence-electron chi connectivity index (χ0n) is 8.12. The molecule has 0 saturated heterocycles. The van der Waals surface area contributed by atoms with Crippen LogP contribution in [0.5, 0.6) is 0 Å². The van der Waals surface area contributed by atoms with E-state index in [1.165, 1.54) is 23.1 Å². The zero-order valence-corrected chi connectivity index (χ0v) is 9.75. The molecule has 0 bridgehead atoms. The van der Waals surface area contributed by atoms with Crippen molar-refractivity contribution in [3.05, 3.63) is 29.1 Å². The third-order valence-corrected chi connectivity index (χ3v) is 3.78. The maximum absolute atomic E-state index is 10.5. The van der Waals surface area contributed by atoms with Crippen LogP contribution in [0.1, 0.15) is 11.5 Å². The van der Waals surface area contributed by atoms with Gasteiger partial charge in [-0.2, -0.15) is 0 Å². The average Bonchev–Trinajstić information content (AvgIpc) is 2.84. The lowest BCUT2D eigenvalue weighted by atomic mass is 10.3. The Morgan fingerprint density at radius 3 is 3.19 bits per heavy atom. The van der Waals surface area contributed by atoms with Gasteiger partial charge in [-0.05, 0) is 0 Å². The van der Waals surface area contributed by atoms with Crippen LogP contribution in [0.3, 0.4) is 0 Å². The molecule has 16 heavy (non-hydrogen) atoms. The number of thiazole rings is 1. The molecule has 0 fully saturated rings. The molecule has 7 heteroatoms. The molecule has 2 rings (SSSR count). The summed E-state index contributed by atoms with van der Waals surface area (Å²) in [7, 11) is 0. The van der Waals surface area contributed by atoms with Crippen molar-refractivity contribution in [3.63, 3.8) is 0 Å². The first-order chi connectivity index (χ1) is 7.74. The van der Waals surface area contributed by atoms with E-state index in [2.05, 4.69) is 10.1 Å². The molecule has 2 aromatic heterocycles. The van der Waals surface area contributed by atoms with Crippen LogP contribution in [0.4, 0.5) is 0 Å². The lowest BCUT2D eigenvalue weighted by Crippen LogP contribution is -1.99. The third kappa shape index (κ3) is 3.07. The summed E-state index contributed by atoms with van der Waals surface area (Å²) in [6.07, 6.45) is 1.56. The number of carboxylic acids is 1. The predicted molar refractivity (Wildman–Crippen MR) is 59.5 cm³/mol. The van der Waals surface area contributed by atoms with Crippen LogP contribution in [0.15, 0.2) is 26.5 Å². The van der Waals surface area contributed by atoms with Crippen molar-refractivity contribution in [2.45, 2.75) is 16.5 Å². The Morgan fingerprint density at radius 2 is 2.50 bits per heavy atom. The number of aromatic nitrogens is 2. The van der Waals surface area contributed by atoms with Gasteiger partial charge in [0, 0.05) is 11.4 Å². The van der Waals surface area contributed by atoms with Crippen LogP contribution in [-0.2, 0) is 17.0 Å². The lowest BCUT2D eigenvalue weighted by molar-refractivity contribution is -0.136. The molecule has 0 aliphatic rings. The fourth-order valence-corrected chi connectivity index (χ4v) is 2.77. The zero-order chi connectivity index (χ0) is 11.4. The molecule has 0 atom stereocenters. The van der Waals surface area contributed by atoms with Crippen LogP contribution in [0.25, 0.3) is 0 Å². The summed E-state index contributed by atoms with van der Waals surface area (Å²) in [5.41, 5.74) is 0.595. The maximum atomic E-state index is 10.5. The van der Waals surface area contributed by atoms with Crippen molar-refractivity contribution in [1.29, 1.82) is 0 Å². The molecule has 0 aliphatic carbocycles. The van der Waals surface area contributed by atoms with E-state index in [1.807, 2.05) is 0 Å². The Labute approximate surface area is 99.5 Å². The molecule has 0 unspecified atom stereocenters. The highest BCUT2D eigenvalue weighted by molar-refractivity contribution is 8.00. The molecular formula is C9H8N2O3S2. The van der Waals surface area contributed by atoms with E-state index in [0.717, 1.165) is 10.1 Å². The topological polar surface area (TPSA) is 76.2 Å². The quantitative estimate of drug-likeness (QED) is 0.825. The van der Waals surface area contributed by atoms with Crippen molar-refractivity contribution < 1.29 is 14.4 Å². The summed E-state index contributed by atoms with van der Waals surface area (Å²) in [5, 5.41) is 13.9.